The van der Waals surface area contributed by atoms with E-state index in [2.05, 4.69) is 10.0 Å². The first kappa shape index (κ1) is 16.5. The van der Waals surface area contributed by atoms with Gasteiger partial charge in [-0.3, -0.25) is 0 Å². The van der Waals surface area contributed by atoms with Gasteiger partial charge in [-0.2, -0.15) is 0 Å². The molecule has 1 fully saturated rings. The van der Waals surface area contributed by atoms with E-state index in [1.807, 2.05) is 33.0 Å². The summed E-state index contributed by atoms with van der Waals surface area (Å²) >= 11 is 0. The Labute approximate surface area is 128 Å². The number of sulfonamides is 1. The molecule has 1 aliphatic carbocycles. The molecule has 118 valence electrons. The molecule has 0 aliphatic heterocycles. The zero-order valence-electron chi connectivity index (χ0n) is 13.1. The molecule has 1 aromatic carbocycles. The van der Waals surface area contributed by atoms with Crippen LogP contribution in [0.5, 0.6) is 0 Å². The summed E-state index contributed by atoms with van der Waals surface area (Å²) in [6.07, 6.45) is 4.29. The molecular weight excluding hydrogens is 284 g/mol. The minimum absolute atomic E-state index is 0.0508. The molecule has 2 rings (SSSR count). The molecule has 5 heteroatoms. The van der Waals surface area contributed by atoms with E-state index in [4.69, 9.17) is 0 Å². The largest absolute Gasteiger partial charge is 0.316 e. The molecule has 1 saturated carbocycles. The van der Waals surface area contributed by atoms with E-state index < -0.39 is 10.0 Å². The predicted molar refractivity (Wildman–Crippen MR) is 85.7 cm³/mol. The molecule has 1 atom stereocenters. The molecular formula is C16H26N2O2S. The normalized spacial score (nSPS) is 16.9. The SMILES string of the molecule is CCC(CC1CC1)NS(=O)(=O)c1cc(CNC)ccc1C. The van der Waals surface area contributed by atoms with Crippen LogP contribution in [0.3, 0.4) is 0 Å². The van der Waals surface area contributed by atoms with Crippen molar-refractivity contribution in [2.24, 2.45) is 5.92 Å². The maximum absolute atomic E-state index is 12.6. The highest BCUT2D eigenvalue weighted by Crippen LogP contribution is 2.34. The van der Waals surface area contributed by atoms with Gasteiger partial charge in [0.25, 0.3) is 0 Å². The van der Waals surface area contributed by atoms with Crippen LogP contribution in [0, 0.1) is 12.8 Å². The van der Waals surface area contributed by atoms with Crippen LogP contribution >= 0.6 is 0 Å². The maximum atomic E-state index is 12.6. The van der Waals surface area contributed by atoms with Crippen molar-refractivity contribution in [3.63, 3.8) is 0 Å². The van der Waals surface area contributed by atoms with Gasteiger partial charge in [0.05, 0.1) is 4.90 Å². The van der Waals surface area contributed by atoms with E-state index in [0.717, 1.165) is 29.9 Å². The second-order valence-corrected chi connectivity index (χ2v) is 7.72. The number of hydrogen-bond donors (Lipinski definition) is 2. The van der Waals surface area contributed by atoms with Crippen molar-refractivity contribution < 1.29 is 8.42 Å². The van der Waals surface area contributed by atoms with Crippen LogP contribution in [0.2, 0.25) is 0 Å². The van der Waals surface area contributed by atoms with Crippen molar-refractivity contribution in [3.8, 4) is 0 Å². The Balaban J connectivity index is 2.18. The summed E-state index contributed by atoms with van der Waals surface area (Å²) in [4.78, 5) is 0.407. The van der Waals surface area contributed by atoms with Crippen LogP contribution in [0.4, 0.5) is 0 Å². The van der Waals surface area contributed by atoms with Crippen LogP contribution in [0.1, 0.15) is 43.7 Å². The Morgan fingerprint density at radius 1 is 1.33 bits per heavy atom. The minimum Gasteiger partial charge on any atom is -0.316 e. The van der Waals surface area contributed by atoms with Crippen LogP contribution in [-0.4, -0.2) is 21.5 Å². The van der Waals surface area contributed by atoms with Gasteiger partial charge < -0.3 is 5.32 Å². The quantitative estimate of drug-likeness (QED) is 0.776. The molecule has 0 radical (unpaired) electrons. The summed E-state index contributed by atoms with van der Waals surface area (Å²) < 4.78 is 28.2. The van der Waals surface area contributed by atoms with Crippen LogP contribution < -0.4 is 10.0 Å². The summed E-state index contributed by atoms with van der Waals surface area (Å²) in [6, 6.07) is 5.67. The molecule has 4 nitrogen and oxygen atoms in total. The second-order valence-electron chi connectivity index (χ2n) is 6.04. The van der Waals surface area contributed by atoms with Gasteiger partial charge in [0.2, 0.25) is 10.0 Å². The fraction of sp³-hybridized carbons (Fsp3) is 0.625. The van der Waals surface area contributed by atoms with Crippen molar-refractivity contribution in [2.45, 2.75) is 57.0 Å². The minimum atomic E-state index is -3.44. The molecule has 0 saturated heterocycles. The lowest BCUT2D eigenvalue weighted by Gasteiger charge is -2.18. The summed E-state index contributed by atoms with van der Waals surface area (Å²) in [6.45, 7) is 4.56. The predicted octanol–water partition coefficient (Wildman–Crippen LogP) is 2.57. The van der Waals surface area contributed by atoms with E-state index in [0.29, 0.717) is 11.4 Å². The Hall–Kier alpha value is -0.910. The first-order valence-corrected chi connectivity index (χ1v) is 9.21. The molecule has 2 N–H and O–H groups in total. The van der Waals surface area contributed by atoms with Gasteiger partial charge in [0, 0.05) is 12.6 Å². The summed E-state index contributed by atoms with van der Waals surface area (Å²) in [5.41, 5.74) is 1.78. The number of hydrogen-bond acceptors (Lipinski definition) is 3. The molecule has 0 bridgehead atoms. The monoisotopic (exact) mass is 310 g/mol. The third-order valence-corrected chi connectivity index (χ3v) is 5.71. The van der Waals surface area contributed by atoms with E-state index in [1.54, 1.807) is 6.07 Å². The standard InChI is InChI=1S/C16H26N2O2S/c1-4-15(9-13-7-8-13)18-21(19,20)16-10-14(11-17-3)6-5-12(16)2/h5-6,10,13,15,17-18H,4,7-9,11H2,1-3H3. The van der Waals surface area contributed by atoms with Crippen molar-refractivity contribution in [3.05, 3.63) is 29.3 Å². The Kier molecular flexibility index (Phi) is 5.41. The highest BCUT2D eigenvalue weighted by molar-refractivity contribution is 7.89. The second kappa shape index (κ2) is 6.90. The number of aryl methyl sites for hydroxylation is 1. The van der Waals surface area contributed by atoms with Crippen LogP contribution in [0.25, 0.3) is 0 Å². The van der Waals surface area contributed by atoms with E-state index in [-0.39, 0.29) is 6.04 Å². The maximum Gasteiger partial charge on any atom is 0.241 e. The van der Waals surface area contributed by atoms with Crippen molar-refractivity contribution in [2.75, 3.05) is 7.05 Å². The molecule has 0 aromatic heterocycles. The molecule has 21 heavy (non-hydrogen) atoms. The van der Waals surface area contributed by atoms with Gasteiger partial charge in [0.1, 0.15) is 0 Å². The van der Waals surface area contributed by atoms with Gasteiger partial charge in [-0.25, -0.2) is 13.1 Å². The molecule has 0 spiro atoms. The molecule has 1 unspecified atom stereocenters. The van der Waals surface area contributed by atoms with Gasteiger partial charge in [-0.05, 0) is 49.9 Å². The van der Waals surface area contributed by atoms with Crippen LogP contribution in [-0.2, 0) is 16.6 Å². The number of rotatable bonds is 8. The Bertz CT molecular complexity index is 580. The van der Waals surface area contributed by atoms with Gasteiger partial charge in [0.15, 0.2) is 0 Å². The highest BCUT2D eigenvalue weighted by atomic mass is 32.2. The average Bonchev–Trinajstić information content (AvgIpc) is 3.24. The van der Waals surface area contributed by atoms with Crippen LogP contribution in [0.15, 0.2) is 23.1 Å². The smallest absolute Gasteiger partial charge is 0.241 e. The lowest BCUT2D eigenvalue weighted by molar-refractivity contribution is 0.495. The fourth-order valence-corrected chi connectivity index (χ4v) is 4.21. The summed E-state index contributed by atoms with van der Waals surface area (Å²) in [5, 5.41) is 3.05. The zero-order valence-corrected chi connectivity index (χ0v) is 14.0. The van der Waals surface area contributed by atoms with Crippen molar-refractivity contribution in [1.29, 1.82) is 0 Å². The Morgan fingerprint density at radius 2 is 2.05 bits per heavy atom. The first-order valence-electron chi connectivity index (χ1n) is 7.72. The van der Waals surface area contributed by atoms with Crippen molar-refractivity contribution in [1.82, 2.24) is 10.0 Å². The van der Waals surface area contributed by atoms with E-state index in [9.17, 15) is 8.42 Å². The topological polar surface area (TPSA) is 58.2 Å². The van der Waals surface area contributed by atoms with Gasteiger partial charge in [-0.15, -0.1) is 0 Å². The summed E-state index contributed by atoms with van der Waals surface area (Å²) in [5.74, 6) is 0.717. The van der Waals surface area contributed by atoms with E-state index >= 15 is 0 Å². The molecule has 1 aromatic rings. The summed E-state index contributed by atoms with van der Waals surface area (Å²) in [7, 11) is -1.58. The van der Waals surface area contributed by atoms with E-state index in [1.165, 1.54) is 12.8 Å². The third kappa shape index (κ3) is 4.53. The fourth-order valence-electron chi connectivity index (χ4n) is 2.59. The molecule has 0 amide bonds. The zero-order chi connectivity index (χ0) is 15.5. The molecule has 1 aliphatic rings. The Morgan fingerprint density at radius 3 is 2.62 bits per heavy atom. The number of benzene rings is 1. The molecule has 0 heterocycles. The van der Waals surface area contributed by atoms with Gasteiger partial charge >= 0.3 is 0 Å². The first-order chi connectivity index (χ1) is 9.96. The highest BCUT2D eigenvalue weighted by Gasteiger charge is 2.28. The third-order valence-electron chi connectivity index (χ3n) is 4.05. The lowest BCUT2D eigenvalue weighted by atomic mass is 10.1. The van der Waals surface area contributed by atoms with Gasteiger partial charge in [-0.1, -0.05) is 31.9 Å². The van der Waals surface area contributed by atoms with Crippen molar-refractivity contribution >= 4 is 10.0 Å². The lowest BCUT2D eigenvalue weighted by Crippen LogP contribution is -2.35. The number of nitrogens with one attached hydrogen (secondary N) is 2. The average molecular weight is 310 g/mol.